The van der Waals surface area contributed by atoms with Crippen molar-refractivity contribution in [1.82, 2.24) is 10.2 Å². The van der Waals surface area contributed by atoms with Crippen molar-refractivity contribution in [2.75, 3.05) is 39.4 Å². The van der Waals surface area contributed by atoms with Gasteiger partial charge >= 0.3 is 0 Å². The van der Waals surface area contributed by atoms with E-state index in [2.05, 4.69) is 10.2 Å². The number of rotatable bonds is 1. The van der Waals surface area contributed by atoms with Gasteiger partial charge in [0.15, 0.2) is 0 Å². The van der Waals surface area contributed by atoms with Crippen molar-refractivity contribution >= 4 is 0 Å². The number of piperidine rings is 1. The summed E-state index contributed by atoms with van der Waals surface area (Å²) in [5.41, 5.74) is 0. The second-order valence-electron chi connectivity index (χ2n) is 4.00. The molecule has 3 nitrogen and oxygen atoms in total. The van der Waals surface area contributed by atoms with E-state index in [1.165, 1.54) is 38.9 Å². The summed E-state index contributed by atoms with van der Waals surface area (Å²) in [6.07, 6.45) is 3.91. The topological polar surface area (TPSA) is 24.5 Å². The van der Waals surface area contributed by atoms with Crippen molar-refractivity contribution in [3.63, 3.8) is 0 Å². The average molecular weight is 184 g/mol. The van der Waals surface area contributed by atoms with Gasteiger partial charge in [0.2, 0.25) is 0 Å². The molecule has 2 aliphatic heterocycles. The zero-order valence-corrected chi connectivity index (χ0v) is 8.30. The zero-order valence-electron chi connectivity index (χ0n) is 8.30. The van der Waals surface area contributed by atoms with E-state index in [1.807, 2.05) is 0 Å². The summed E-state index contributed by atoms with van der Waals surface area (Å²) in [6, 6.07) is 0.774. The Morgan fingerprint density at radius 2 is 2.15 bits per heavy atom. The Morgan fingerprint density at radius 1 is 1.15 bits per heavy atom. The monoisotopic (exact) mass is 184 g/mol. The Morgan fingerprint density at radius 3 is 3.00 bits per heavy atom. The molecule has 0 spiro atoms. The van der Waals surface area contributed by atoms with Crippen molar-refractivity contribution < 1.29 is 4.74 Å². The molecule has 2 saturated heterocycles. The minimum atomic E-state index is 0.774. The van der Waals surface area contributed by atoms with Crippen LogP contribution in [-0.4, -0.2) is 50.3 Å². The Kier molecular flexibility index (Phi) is 3.58. The number of nitrogens with zero attached hydrogens (tertiary/aromatic N) is 1. The number of nitrogens with one attached hydrogen (secondary N) is 1. The maximum atomic E-state index is 5.45. The predicted molar refractivity (Wildman–Crippen MR) is 52.9 cm³/mol. The third-order valence-corrected chi connectivity index (χ3v) is 3.04. The van der Waals surface area contributed by atoms with Crippen LogP contribution in [0, 0.1) is 0 Å². The van der Waals surface area contributed by atoms with Gasteiger partial charge in [0.05, 0.1) is 6.61 Å². The molecule has 0 aromatic heterocycles. The van der Waals surface area contributed by atoms with Crippen LogP contribution in [0.25, 0.3) is 0 Å². The average Bonchev–Trinajstić information content (AvgIpc) is 2.47. The quantitative estimate of drug-likeness (QED) is 0.641. The molecule has 1 atom stereocenters. The lowest BCUT2D eigenvalue weighted by Crippen LogP contribution is -2.46. The van der Waals surface area contributed by atoms with Crippen LogP contribution in [0.1, 0.15) is 19.3 Å². The molecule has 2 rings (SSSR count). The first-order valence-corrected chi connectivity index (χ1v) is 5.49. The van der Waals surface area contributed by atoms with E-state index < -0.39 is 0 Å². The van der Waals surface area contributed by atoms with E-state index in [-0.39, 0.29) is 0 Å². The molecule has 0 bridgehead atoms. The Bertz CT molecular complexity index is 138. The highest BCUT2D eigenvalue weighted by Crippen LogP contribution is 2.12. The van der Waals surface area contributed by atoms with Crippen LogP contribution >= 0.6 is 0 Å². The fourth-order valence-corrected chi connectivity index (χ4v) is 2.28. The molecule has 3 heteroatoms. The summed E-state index contributed by atoms with van der Waals surface area (Å²) in [5.74, 6) is 0. The van der Waals surface area contributed by atoms with E-state index in [4.69, 9.17) is 4.74 Å². The third kappa shape index (κ3) is 2.66. The van der Waals surface area contributed by atoms with Crippen molar-refractivity contribution in [2.45, 2.75) is 25.3 Å². The van der Waals surface area contributed by atoms with Crippen LogP contribution in [-0.2, 0) is 4.74 Å². The second-order valence-corrected chi connectivity index (χ2v) is 4.00. The molecule has 0 aromatic rings. The highest BCUT2D eigenvalue weighted by atomic mass is 16.5. The maximum Gasteiger partial charge on any atom is 0.0593 e. The van der Waals surface area contributed by atoms with Crippen LogP contribution in [0.4, 0.5) is 0 Å². The van der Waals surface area contributed by atoms with Gasteiger partial charge in [0, 0.05) is 32.3 Å². The van der Waals surface area contributed by atoms with Crippen molar-refractivity contribution in [3.8, 4) is 0 Å². The SMILES string of the molecule is C1CNCC(N2CCCOCC2)C1. The molecule has 76 valence electrons. The molecular formula is C10H20N2O. The normalized spacial score (nSPS) is 32.8. The molecule has 2 aliphatic rings. The summed E-state index contributed by atoms with van der Waals surface area (Å²) in [5, 5.41) is 3.47. The van der Waals surface area contributed by atoms with Crippen molar-refractivity contribution in [2.24, 2.45) is 0 Å². The van der Waals surface area contributed by atoms with Gasteiger partial charge in [-0.2, -0.15) is 0 Å². The van der Waals surface area contributed by atoms with Crippen LogP contribution in [0.3, 0.4) is 0 Å². The standard InChI is InChI=1S/C10H20N2O/c1-3-10(9-11-4-1)12-5-2-7-13-8-6-12/h10-11H,1-9H2. The molecule has 1 unspecified atom stereocenters. The van der Waals surface area contributed by atoms with Crippen LogP contribution < -0.4 is 5.32 Å². The fourth-order valence-electron chi connectivity index (χ4n) is 2.28. The third-order valence-electron chi connectivity index (χ3n) is 3.04. The molecule has 0 amide bonds. The van der Waals surface area contributed by atoms with Crippen LogP contribution in [0.15, 0.2) is 0 Å². The van der Waals surface area contributed by atoms with E-state index in [9.17, 15) is 0 Å². The Hall–Kier alpha value is -0.120. The molecular weight excluding hydrogens is 164 g/mol. The second kappa shape index (κ2) is 4.94. The van der Waals surface area contributed by atoms with Gasteiger partial charge in [-0.15, -0.1) is 0 Å². The van der Waals surface area contributed by atoms with E-state index in [0.717, 1.165) is 25.8 Å². The molecule has 1 N–H and O–H groups in total. The number of ether oxygens (including phenoxy) is 1. The Labute approximate surface area is 80.4 Å². The predicted octanol–water partition coefficient (Wildman–Crippen LogP) is 0.461. The summed E-state index contributed by atoms with van der Waals surface area (Å²) < 4.78 is 5.45. The summed E-state index contributed by atoms with van der Waals surface area (Å²) >= 11 is 0. The summed E-state index contributed by atoms with van der Waals surface area (Å²) in [7, 11) is 0. The molecule has 0 saturated carbocycles. The molecule has 2 heterocycles. The number of hydrogen-bond acceptors (Lipinski definition) is 3. The van der Waals surface area contributed by atoms with E-state index >= 15 is 0 Å². The van der Waals surface area contributed by atoms with Crippen molar-refractivity contribution in [1.29, 1.82) is 0 Å². The Balaban J connectivity index is 1.82. The van der Waals surface area contributed by atoms with Gasteiger partial charge < -0.3 is 10.1 Å². The molecule has 13 heavy (non-hydrogen) atoms. The fraction of sp³-hybridized carbons (Fsp3) is 1.00. The zero-order chi connectivity index (χ0) is 8.93. The summed E-state index contributed by atoms with van der Waals surface area (Å²) in [6.45, 7) is 6.63. The summed E-state index contributed by atoms with van der Waals surface area (Å²) in [4.78, 5) is 2.60. The smallest absolute Gasteiger partial charge is 0.0593 e. The highest BCUT2D eigenvalue weighted by Gasteiger charge is 2.21. The first kappa shape index (κ1) is 9.44. The largest absolute Gasteiger partial charge is 0.380 e. The first-order chi connectivity index (χ1) is 6.47. The van der Waals surface area contributed by atoms with Gasteiger partial charge in [0.25, 0.3) is 0 Å². The molecule has 0 aliphatic carbocycles. The van der Waals surface area contributed by atoms with Gasteiger partial charge in [-0.25, -0.2) is 0 Å². The maximum absolute atomic E-state index is 5.45. The first-order valence-electron chi connectivity index (χ1n) is 5.49. The minimum Gasteiger partial charge on any atom is -0.380 e. The number of hydrogen-bond donors (Lipinski definition) is 1. The molecule has 2 fully saturated rings. The lowest BCUT2D eigenvalue weighted by Gasteiger charge is -2.33. The molecule has 0 radical (unpaired) electrons. The van der Waals surface area contributed by atoms with Gasteiger partial charge in [-0.1, -0.05) is 0 Å². The minimum absolute atomic E-state index is 0.774. The van der Waals surface area contributed by atoms with Crippen LogP contribution in [0.5, 0.6) is 0 Å². The van der Waals surface area contributed by atoms with E-state index in [0.29, 0.717) is 0 Å². The lowest BCUT2D eigenvalue weighted by molar-refractivity contribution is 0.124. The van der Waals surface area contributed by atoms with Crippen molar-refractivity contribution in [3.05, 3.63) is 0 Å². The van der Waals surface area contributed by atoms with E-state index in [1.54, 1.807) is 0 Å². The van der Waals surface area contributed by atoms with Gasteiger partial charge in [-0.3, -0.25) is 4.90 Å². The van der Waals surface area contributed by atoms with Crippen LogP contribution in [0.2, 0.25) is 0 Å². The van der Waals surface area contributed by atoms with Gasteiger partial charge in [-0.05, 0) is 25.8 Å². The van der Waals surface area contributed by atoms with Gasteiger partial charge in [0.1, 0.15) is 0 Å². The highest BCUT2D eigenvalue weighted by molar-refractivity contribution is 4.79. The lowest BCUT2D eigenvalue weighted by atomic mass is 10.1. The molecule has 0 aromatic carbocycles.